The first-order chi connectivity index (χ1) is 12.3. The lowest BCUT2D eigenvalue weighted by atomic mass is 9.83. The summed E-state index contributed by atoms with van der Waals surface area (Å²) in [7, 11) is 0. The maximum atomic E-state index is 13.8. The first-order valence-electron chi connectivity index (χ1n) is 8.29. The summed E-state index contributed by atoms with van der Waals surface area (Å²) in [5, 5.41) is 11.2. The number of hydrogen-bond acceptors (Lipinski definition) is 1. The summed E-state index contributed by atoms with van der Waals surface area (Å²) < 4.78 is 27.5. The van der Waals surface area contributed by atoms with Crippen LogP contribution >= 0.6 is 11.6 Å². The Bertz CT molecular complexity index is 931. The average Bonchev–Trinajstić information content (AvgIpc) is 2.58. The van der Waals surface area contributed by atoms with E-state index >= 15 is 0 Å². The molecule has 0 radical (unpaired) electrons. The number of rotatable bonds is 3. The molecule has 0 aromatic heterocycles. The van der Waals surface area contributed by atoms with Crippen LogP contribution in [0.5, 0.6) is 5.75 Å². The fourth-order valence-corrected chi connectivity index (χ4v) is 3.51. The predicted octanol–water partition coefficient (Wildman–Crippen LogP) is 6.43. The van der Waals surface area contributed by atoms with Gasteiger partial charge in [-0.2, -0.15) is 0 Å². The summed E-state index contributed by atoms with van der Waals surface area (Å²) in [6.45, 7) is 5.15. The molecule has 0 fully saturated rings. The zero-order chi connectivity index (χ0) is 19.0. The Kier molecular flexibility index (Phi) is 5.01. The van der Waals surface area contributed by atoms with Crippen molar-refractivity contribution in [3.8, 4) is 5.75 Å². The van der Waals surface area contributed by atoms with Crippen molar-refractivity contribution in [2.75, 3.05) is 0 Å². The van der Waals surface area contributed by atoms with E-state index in [1.54, 1.807) is 57.2 Å². The highest BCUT2D eigenvalue weighted by Gasteiger charge is 2.23. The van der Waals surface area contributed by atoms with Gasteiger partial charge in [-0.25, -0.2) is 8.78 Å². The molecule has 1 N–H and O–H groups in total. The lowest BCUT2D eigenvalue weighted by Crippen LogP contribution is -2.06. The van der Waals surface area contributed by atoms with Crippen LogP contribution in [0, 0.1) is 32.4 Å². The van der Waals surface area contributed by atoms with E-state index in [-0.39, 0.29) is 17.4 Å². The first kappa shape index (κ1) is 18.4. The van der Waals surface area contributed by atoms with Gasteiger partial charge in [-0.05, 0) is 72.9 Å². The number of phenolic OH excluding ortho intramolecular Hbond substituents is 1. The third-order valence-corrected chi connectivity index (χ3v) is 4.85. The van der Waals surface area contributed by atoms with Gasteiger partial charge in [0.1, 0.15) is 17.4 Å². The van der Waals surface area contributed by atoms with Crippen LogP contribution in [0.3, 0.4) is 0 Å². The molecule has 0 spiro atoms. The van der Waals surface area contributed by atoms with Crippen molar-refractivity contribution in [3.05, 3.63) is 98.6 Å². The number of halogens is 3. The lowest BCUT2D eigenvalue weighted by molar-refractivity contribution is 0.463. The second-order valence-electron chi connectivity index (χ2n) is 6.61. The van der Waals surface area contributed by atoms with Crippen molar-refractivity contribution in [2.24, 2.45) is 0 Å². The summed E-state index contributed by atoms with van der Waals surface area (Å²) in [5.41, 5.74) is 3.86. The molecule has 26 heavy (non-hydrogen) atoms. The number of aromatic hydroxyl groups is 1. The van der Waals surface area contributed by atoms with Gasteiger partial charge in [-0.15, -0.1) is 0 Å². The van der Waals surface area contributed by atoms with Crippen LogP contribution in [0.4, 0.5) is 8.78 Å². The maximum absolute atomic E-state index is 13.8. The summed E-state index contributed by atoms with van der Waals surface area (Å²) >= 11 is 6.22. The van der Waals surface area contributed by atoms with Gasteiger partial charge in [0, 0.05) is 16.5 Å². The molecule has 3 aromatic rings. The first-order valence-corrected chi connectivity index (χ1v) is 8.67. The van der Waals surface area contributed by atoms with E-state index < -0.39 is 5.92 Å². The Morgan fingerprint density at radius 2 is 1.27 bits per heavy atom. The normalized spacial score (nSPS) is 11.2. The van der Waals surface area contributed by atoms with E-state index in [4.69, 9.17) is 11.6 Å². The summed E-state index contributed by atoms with van der Waals surface area (Å²) in [6.07, 6.45) is 0. The highest BCUT2D eigenvalue weighted by molar-refractivity contribution is 6.30. The van der Waals surface area contributed by atoms with E-state index in [9.17, 15) is 13.9 Å². The van der Waals surface area contributed by atoms with Gasteiger partial charge in [0.2, 0.25) is 0 Å². The number of phenols is 1. The minimum Gasteiger partial charge on any atom is -0.507 e. The van der Waals surface area contributed by atoms with Crippen LogP contribution in [0.2, 0.25) is 5.02 Å². The van der Waals surface area contributed by atoms with E-state index in [0.29, 0.717) is 27.3 Å². The second-order valence-corrected chi connectivity index (χ2v) is 7.05. The highest BCUT2D eigenvalue weighted by atomic mass is 35.5. The summed E-state index contributed by atoms with van der Waals surface area (Å²) in [6, 6.07) is 13.0. The number of aryl methyl sites for hydroxylation is 3. The van der Waals surface area contributed by atoms with Crippen LogP contribution in [0.1, 0.15) is 39.3 Å². The summed E-state index contributed by atoms with van der Waals surface area (Å²) in [5.74, 6) is -0.863. The molecule has 1 nitrogen and oxygen atoms in total. The van der Waals surface area contributed by atoms with Crippen molar-refractivity contribution in [1.82, 2.24) is 0 Å². The lowest BCUT2D eigenvalue weighted by Gasteiger charge is -2.22. The van der Waals surface area contributed by atoms with Crippen LogP contribution in [0.25, 0.3) is 0 Å². The minimum atomic E-state index is -0.397. The largest absolute Gasteiger partial charge is 0.507 e. The second kappa shape index (κ2) is 7.08. The van der Waals surface area contributed by atoms with Crippen molar-refractivity contribution < 1.29 is 13.9 Å². The fraction of sp³-hybridized carbons (Fsp3) is 0.182. The van der Waals surface area contributed by atoms with Gasteiger partial charge >= 0.3 is 0 Å². The Labute approximate surface area is 156 Å². The third-order valence-electron chi connectivity index (χ3n) is 4.64. The van der Waals surface area contributed by atoms with Crippen LogP contribution in [-0.4, -0.2) is 5.11 Å². The quantitative estimate of drug-likeness (QED) is 0.525. The Morgan fingerprint density at radius 1 is 0.769 bits per heavy atom. The van der Waals surface area contributed by atoms with Gasteiger partial charge in [0.25, 0.3) is 0 Å². The fourth-order valence-electron chi connectivity index (χ4n) is 3.23. The molecule has 0 saturated carbocycles. The standard InChI is InChI=1S/C22H19ClF2O/c1-12-8-15(4-6-19(12)24)21(16-5-7-20(25)13(2)9-16)18-11-17(23)10-14(3)22(18)26/h4-11,21,26H,1-3H3. The Hall–Kier alpha value is -2.39. The topological polar surface area (TPSA) is 20.2 Å². The molecule has 0 bridgehead atoms. The summed E-state index contributed by atoms with van der Waals surface area (Å²) in [4.78, 5) is 0. The van der Waals surface area contributed by atoms with Crippen LogP contribution < -0.4 is 0 Å². The molecular weight excluding hydrogens is 354 g/mol. The molecule has 0 aliphatic rings. The van der Waals surface area contributed by atoms with Crippen molar-refractivity contribution in [2.45, 2.75) is 26.7 Å². The molecular formula is C22H19ClF2O. The highest BCUT2D eigenvalue weighted by Crippen LogP contribution is 2.40. The molecule has 0 atom stereocenters. The zero-order valence-electron chi connectivity index (χ0n) is 14.8. The van der Waals surface area contributed by atoms with Crippen molar-refractivity contribution in [3.63, 3.8) is 0 Å². The molecule has 134 valence electrons. The van der Waals surface area contributed by atoms with E-state index in [1.165, 1.54) is 12.1 Å². The van der Waals surface area contributed by atoms with E-state index in [1.807, 2.05) is 0 Å². The monoisotopic (exact) mass is 372 g/mol. The Morgan fingerprint density at radius 3 is 1.73 bits per heavy atom. The van der Waals surface area contributed by atoms with Gasteiger partial charge in [-0.3, -0.25) is 0 Å². The molecule has 3 rings (SSSR count). The molecule has 3 aromatic carbocycles. The molecule has 0 heterocycles. The smallest absolute Gasteiger partial charge is 0.126 e. The molecule has 0 aliphatic carbocycles. The molecule has 4 heteroatoms. The molecule has 0 amide bonds. The zero-order valence-corrected chi connectivity index (χ0v) is 15.5. The Balaban J connectivity index is 2.29. The maximum Gasteiger partial charge on any atom is 0.126 e. The number of benzene rings is 3. The van der Waals surface area contributed by atoms with Crippen LogP contribution in [0.15, 0.2) is 48.5 Å². The minimum absolute atomic E-state index is 0.128. The SMILES string of the molecule is Cc1cc(C(c2ccc(F)c(C)c2)c2cc(Cl)cc(C)c2O)ccc1F. The molecule has 0 unspecified atom stereocenters. The van der Waals surface area contributed by atoms with Gasteiger partial charge in [0.05, 0.1) is 0 Å². The van der Waals surface area contributed by atoms with Crippen LogP contribution in [-0.2, 0) is 0 Å². The van der Waals surface area contributed by atoms with Gasteiger partial charge in [-0.1, -0.05) is 35.9 Å². The van der Waals surface area contributed by atoms with E-state index in [0.717, 1.165) is 11.1 Å². The molecule has 0 saturated heterocycles. The predicted molar refractivity (Wildman–Crippen MR) is 101 cm³/mol. The van der Waals surface area contributed by atoms with Crippen molar-refractivity contribution in [1.29, 1.82) is 0 Å². The third kappa shape index (κ3) is 3.45. The van der Waals surface area contributed by atoms with E-state index in [2.05, 4.69) is 0 Å². The average molecular weight is 373 g/mol. The van der Waals surface area contributed by atoms with Crippen molar-refractivity contribution >= 4 is 11.6 Å². The van der Waals surface area contributed by atoms with Gasteiger partial charge in [0.15, 0.2) is 0 Å². The molecule has 0 aliphatic heterocycles. The number of hydrogen-bond donors (Lipinski definition) is 1. The van der Waals surface area contributed by atoms with Gasteiger partial charge < -0.3 is 5.11 Å².